The molecule has 4 heteroatoms. The normalized spacial score (nSPS) is 21.8. The molecule has 1 aliphatic rings. The van der Waals surface area contributed by atoms with Gasteiger partial charge in [-0.2, -0.15) is 5.26 Å². The van der Waals surface area contributed by atoms with Gasteiger partial charge in [-0.05, 0) is 49.9 Å². The average molecular weight is 288 g/mol. The van der Waals surface area contributed by atoms with E-state index in [-0.39, 0.29) is 0 Å². The zero-order chi connectivity index (χ0) is 15.1. The van der Waals surface area contributed by atoms with Crippen molar-refractivity contribution in [2.45, 2.75) is 51.4 Å². The number of methoxy groups -OCH3 is 1. The molecule has 1 aromatic carbocycles. The summed E-state index contributed by atoms with van der Waals surface area (Å²) in [6.07, 6.45) is 4.96. The molecule has 1 saturated carbocycles. The summed E-state index contributed by atoms with van der Waals surface area (Å²) >= 11 is 0. The Morgan fingerprint density at radius 3 is 2.67 bits per heavy atom. The molecular formula is C17H24N2O2. The van der Waals surface area contributed by atoms with Crippen molar-refractivity contribution in [2.24, 2.45) is 0 Å². The first kappa shape index (κ1) is 15.8. The van der Waals surface area contributed by atoms with Crippen molar-refractivity contribution < 1.29 is 9.47 Å². The number of ether oxygens (including phenoxy) is 2. The molecular weight excluding hydrogens is 264 g/mol. The molecule has 4 nitrogen and oxygen atoms in total. The van der Waals surface area contributed by atoms with E-state index in [9.17, 15) is 0 Å². The fourth-order valence-corrected chi connectivity index (χ4v) is 2.85. The lowest BCUT2D eigenvalue weighted by Crippen LogP contribution is -2.35. The zero-order valence-electron chi connectivity index (χ0n) is 12.9. The lowest BCUT2D eigenvalue weighted by molar-refractivity contribution is 0.0114. The standard InChI is InChI=1S/C17H24N2O2/c1-3-19-15-6-8-16(9-7-15)21-12-13-4-5-14(11-18)17(10-13)20-2/h4-5,10,15-16,19H,3,6-9,12H2,1-2H3. The van der Waals surface area contributed by atoms with Crippen molar-refractivity contribution in [3.8, 4) is 11.8 Å². The third kappa shape index (κ3) is 4.45. The van der Waals surface area contributed by atoms with Crippen LogP contribution in [0.3, 0.4) is 0 Å². The van der Waals surface area contributed by atoms with Gasteiger partial charge < -0.3 is 14.8 Å². The fourth-order valence-electron chi connectivity index (χ4n) is 2.85. The first-order chi connectivity index (χ1) is 10.3. The van der Waals surface area contributed by atoms with Gasteiger partial charge in [0.25, 0.3) is 0 Å². The van der Waals surface area contributed by atoms with E-state index in [0.717, 1.165) is 24.9 Å². The maximum Gasteiger partial charge on any atom is 0.136 e. The highest BCUT2D eigenvalue weighted by atomic mass is 16.5. The molecule has 21 heavy (non-hydrogen) atoms. The maximum atomic E-state index is 8.98. The Morgan fingerprint density at radius 2 is 2.05 bits per heavy atom. The van der Waals surface area contributed by atoms with Crippen LogP contribution in [0.2, 0.25) is 0 Å². The molecule has 1 fully saturated rings. The van der Waals surface area contributed by atoms with Gasteiger partial charge in [0.1, 0.15) is 11.8 Å². The minimum atomic E-state index is 0.349. The maximum absolute atomic E-state index is 8.98. The minimum absolute atomic E-state index is 0.349. The Hall–Kier alpha value is -1.57. The molecule has 0 radical (unpaired) electrons. The Morgan fingerprint density at radius 1 is 1.29 bits per heavy atom. The molecule has 1 aromatic rings. The van der Waals surface area contributed by atoms with Crippen molar-refractivity contribution >= 4 is 0 Å². The molecule has 114 valence electrons. The molecule has 0 unspecified atom stereocenters. The summed E-state index contributed by atoms with van der Waals surface area (Å²) in [5, 5.41) is 12.5. The molecule has 0 atom stereocenters. The number of hydrogen-bond donors (Lipinski definition) is 1. The number of benzene rings is 1. The van der Waals surface area contributed by atoms with Crippen LogP contribution in [0, 0.1) is 11.3 Å². The second-order valence-electron chi connectivity index (χ2n) is 5.49. The third-order valence-corrected chi connectivity index (χ3v) is 4.04. The van der Waals surface area contributed by atoms with Crippen LogP contribution in [-0.4, -0.2) is 25.8 Å². The molecule has 0 aliphatic heterocycles. The minimum Gasteiger partial charge on any atom is -0.495 e. The van der Waals surface area contributed by atoms with Crippen LogP contribution in [0.5, 0.6) is 5.75 Å². The summed E-state index contributed by atoms with van der Waals surface area (Å²) in [5.74, 6) is 0.620. The van der Waals surface area contributed by atoms with Crippen molar-refractivity contribution in [3.63, 3.8) is 0 Å². The van der Waals surface area contributed by atoms with Crippen LogP contribution in [0.1, 0.15) is 43.7 Å². The van der Waals surface area contributed by atoms with Crippen molar-refractivity contribution in [2.75, 3.05) is 13.7 Å². The van der Waals surface area contributed by atoms with Crippen molar-refractivity contribution in [1.82, 2.24) is 5.32 Å². The highest BCUT2D eigenvalue weighted by molar-refractivity contribution is 5.45. The predicted molar refractivity (Wildman–Crippen MR) is 82.2 cm³/mol. The Kier molecular flexibility index (Phi) is 6.04. The van der Waals surface area contributed by atoms with Gasteiger partial charge in [0.2, 0.25) is 0 Å². The van der Waals surface area contributed by atoms with E-state index >= 15 is 0 Å². The molecule has 0 saturated heterocycles. The van der Waals surface area contributed by atoms with E-state index < -0.39 is 0 Å². The molecule has 2 rings (SSSR count). The topological polar surface area (TPSA) is 54.3 Å². The number of nitrogens with one attached hydrogen (secondary N) is 1. The molecule has 0 heterocycles. The zero-order valence-corrected chi connectivity index (χ0v) is 12.9. The van der Waals surface area contributed by atoms with Gasteiger partial charge in [-0.3, -0.25) is 0 Å². The van der Waals surface area contributed by atoms with Gasteiger partial charge in [-0.1, -0.05) is 13.0 Å². The average Bonchev–Trinajstić information content (AvgIpc) is 2.54. The summed E-state index contributed by atoms with van der Waals surface area (Å²) in [6, 6.07) is 8.40. The van der Waals surface area contributed by atoms with E-state index in [4.69, 9.17) is 14.7 Å². The molecule has 0 aromatic heterocycles. The monoisotopic (exact) mass is 288 g/mol. The fraction of sp³-hybridized carbons (Fsp3) is 0.588. The van der Waals surface area contributed by atoms with Crippen molar-refractivity contribution in [3.05, 3.63) is 29.3 Å². The van der Waals surface area contributed by atoms with Gasteiger partial charge >= 0.3 is 0 Å². The quantitative estimate of drug-likeness (QED) is 0.874. The van der Waals surface area contributed by atoms with Crippen molar-refractivity contribution in [1.29, 1.82) is 5.26 Å². The van der Waals surface area contributed by atoms with Crippen LogP contribution >= 0.6 is 0 Å². The second kappa shape index (κ2) is 8.02. The van der Waals surface area contributed by atoms with Crippen LogP contribution in [0.4, 0.5) is 0 Å². The highest BCUT2D eigenvalue weighted by Crippen LogP contribution is 2.24. The lowest BCUT2D eigenvalue weighted by atomic mass is 9.93. The molecule has 1 N–H and O–H groups in total. The first-order valence-corrected chi connectivity index (χ1v) is 7.68. The molecule has 0 bridgehead atoms. The highest BCUT2D eigenvalue weighted by Gasteiger charge is 2.20. The summed E-state index contributed by atoms with van der Waals surface area (Å²) < 4.78 is 11.2. The Balaban J connectivity index is 1.83. The molecule has 0 spiro atoms. The second-order valence-corrected chi connectivity index (χ2v) is 5.49. The molecule has 1 aliphatic carbocycles. The number of rotatable bonds is 6. The van der Waals surface area contributed by atoms with E-state index in [1.54, 1.807) is 13.2 Å². The molecule has 0 amide bonds. The summed E-state index contributed by atoms with van der Waals surface area (Å²) in [4.78, 5) is 0. The SMILES string of the molecule is CCNC1CCC(OCc2ccc(C#N)c(OC)c2)CC1. The van der Waals surface area contributed by atoms with Crippen LogP contribution in [0.15, 0.2) is 18.2 Å². The van der Waals surface area contributed by atoms with Crippen LogP contribution in [0.25, 0.3) is 0 Å². The van der Waals surface area contributed by atoms with Crippen LogP contribution < -0.4 is 10.1 Å². The Labute approximate surface area is 127 Å². The summed E-state index contributed by atoms with van der Waals surface area (Å²) in [7, 11) is 1.59. The van der Waals surface area contributed by atoms with Gasteiger partial charge in [-0.15, -0.1) is 0 Å². The van der Waals surface area contributed by atoms with Crippen LogP contribution in [-0.2, 0) is 11.3 Å². The Bertz CT molecular complexity index is 488. The third-order valence-electron chi connectivity index (χ3n) is 4.04. The van der Waals surface area contributed by atoms with E-state index in [1.807, 2.05) is 12.1 Å². The van der Waals surface area contributed by atoms with Gasteiger partial charge in [0.05, 0.1) is 25.4 Å². The number of nitrogens with zero attached hydrogens (tertiary/aromatic N) is 1. The van der Waals surface area contributed by atoms with E-state index in [2.05, 4.69) is 18.3 Å². The number of nitriles is 1. The lowest BCUT2D eigenvalue weighted by Gasteiger charge is -2.29. The van der Waals surface area contributed by atoms with Gasteiger partial charge in [-0.25, -0.2) is 0 Å². The van der Waals surface area contributed by atoms with E-state index in [1.165, 1.54) is 12.8 Å². The van der Waals surface area contributed by atoms with Gasteiger partial charge in [0.15, 0.2) is 0 Å². The summed E-state index contributed by atoms with van der Waals surface area (Å²) in [5.41, 5.74) is 1.62. The summed E-state index contributed by atoms with van der Waals surface area (Å²) in [6.45, 7) is 3.78. The largest absolute Gasteiger partial charge is 0.495 e. The van der Waals surface area contributed by atoms with Gasteiger partial charge in [0, 0.05) is 6.04 Å². The predicted octanol–water partition coefficient (Wildman–Crippen LogP) is 3.00. The first-order valence-electron chi connectivity index (χ1n) is 7.68. The smallest absolute Gasteiger partial charge is 0.136 e. The van der Waals surface area contributed by atoms with E-state index in [0.29, 0.717) is 30.1 Å². The number of hydrogen-bond acceptors (Lipinski definition) is 4.